The summed E-state index contributed by atoms with van der Waals surface area (Å²) >= 11 is 0. The topological polar surface area (TPSA) is 93.1 Å². The standard InChI is InChI=1S/C22H23NO6S/c1-12(2)22(25)18-19-13(3)8-15-9-16(29-20(15)18)11-28-30(26,27)17-7-5-4-6-14(17)10-23(19)21(22)24/h4-8,12,16,25H,9-11H2,1-3H3. The Labute approximate surface area is 175 Å². The van der Waals surface area contributed by atoms with Crippen molar-refractivity contribution in [3.8, 4) is 5.75 Å². The fourth-order valence-electron chi connectivity index (χ4n) is 4.77. The van der Waals surface area contributed by atoms with Crippen LogP contribution in [0.15, 0.2) is 35.2 Å². The molecule has 0 aromatic heterocycles. The molecule has 0 fully saturated rings. The normalized spacial score (nSPS) is 26.4. The van der Waals surface area contributed by atoms with Gasteiger partial charge in [-0.15, -0.1) is 0 Å². The quantitative estimate of drug-likeness (QED) is 0.700. The molecule has 30 heavy (non-hydrogen) atoms. The number of amides is 1. The van der Waals surface area contributed by atoms with Crippen LogP contribution in [0, 0.1) is 12.8 Å². The van der Waals surface area contributed by atoms with E-state index in [0.717, 1.165) is 11.1 Å². The van der Waals surface area contributed by atoms with E-state index in [2.05, 4.69) is 0 Å². The van der Waals surface area contributed by atoms with Crippen molar-refractivity contribution in [2.45, 2.75) is 50.3 Å². The van der Waals surface area contributed by atoms with E-state index in [-0.39, 0.29) is 18.0 Å². The van der Waals surface area contributed by atoms with Crippen molar-refractivity contribution in [3.05, 3.63) is 52.6 Å². The second-order valence-corrected chi connectivity index (χ2v) is 10.1. The van der Waals surface area contributed by atoms with E-state index < -0.39 is 33.6 Å². The number of carbonyl (C=O) groups excluding carboxylic acids is 1. The molecule has 0 spiro atoms. The van der Waals surface area contributed by atoms with Crippen molar-refractivity contribution in [1.29, 1.82) is 0 Å². The number of ether oxygens (including phenoxy) is 1. The van der Waals surface area contributed by atoms with Crippen LogP contribution in [-0.4, -0.2) is 32.1 Å². The number of aliphatic hydroxyl groups is 1. The van der Waals surface area contributed by atoms with Gasteiger partial charge in [0, 0.05) is 6.42 Å². The largest absolute Gasteiger partial charge is 0.487 e. The summed E-state index contributed by atoms with van der Waals surface area (Å²) in [7, 11) is -4.03. The molecule has 3 aliphatic rings. The Bertz CT molecular complexity index is 1190. The van der Waals surface area contributed by atoms with Crippen molar-refractivity contribution in [1.82, 2.24) is 0 Å². The predicted molar refractivity (Wildman–Crippen MR) is 109 cm³/mol. The van der Waals surface area contributed by atoms with E-state index in [9.17, 15) is 18.3 Å². The van der Waals surface area contributed by atoms with Gasteiger partial charge < -0.3 is 14.7 Å². The fraction of sp³-hybridized carbons (Fsp3) is 0.409. The lowest BCUT2D eigenvalue weighted by atomic mass is 9.82. The maximum absolute atomic E-state index is 13.6. The first kappa shape index (κ1) is 19.5. The highest BCUT2D eigenvalue weighted by Gasteiger charge is 2.56. The zero-order chi connectivity index (χ0) is 21.4. The third kappa shape index (κ3) is 2.50. The van der Waals surface area contributed by atoms with Gasteiger partial charge in [0.05, 0.1) is 22.7 Å². The van der Waals surface area contributed by atoms with Gasteiger partial charge in [0.25, 0.3) is 16.0 Å². The zero-order valence-corrected chi connectivity index (χ0v) is 17.8. The van der Waals surface area contributed by atoms with Gasteiger partial charge in [0.15, 0.2) is 5.60 Å². The number of nitrogens with zero attached hydrogens (tertiary/aromatic N) is 1. The molecule has 0 radical (unpaired) electrons. The molecule has 3 heterocycles. The van der Waals surface area contributed by atoms with Crippen LogP contribution in [0.2, 0.25) is 0 Å². The summed E-state index contributed by atoms with van der Waals surface area (Å²) in [4.78, 5) is 15.1. The highest BCUT2D eigenvalue weighted by Crippen LogP contribution is 2.54. The minimum Gasteiger partial charge on any atom is -0.487 e. The highest BCUT2D eigenvalue weighted by atomic mass is 32.2. The minimum absolute atomic E-state index is 0.00266. The van der Waals surface area contributed by atoms with E-state index in [4.69, 9.17) is 8.92 Å². The van der Waals surface area contributed by atoms with Gasteiger partial charge >= 0.3 is 0 Å². The Morgan fingerprint density at radius 3 is 2.70 bits per heavy atom. The van der Waals surface area contributed by atoms with Crippen LogP contribution in [0.25, 0.3) is 0 Å². The minimum atomic E-state index is -4.03. The average molecular weight is 429 g/mol. The highest BCUT2D eigenvalue weighted by molar-refractivity contribution is 7.86. The maximum Gasteiger partial charge on any atom is 0.297 e. The fourth-order valence-corrected chi connectivity index (χ4v) is 5.93. The monoisotopic (exact) mass is 429 g/mol. The molecule has 0 saturated heterocycles. The van der Waals surface area contributed by atoms with Gasteiger partial charge in [-0.25, -0.2) is 0 Å². The molecule has 2 aromatic rings. The van der Waals surface area contributed by atoms with E-state index in [1.165, 1.54) is 11.0 Å². The van der Waals surface area contributed by atoms with Crippen molar-refractivity contribution in [2.24, 2.45) is 5.92 Å². The van der Waals surface area contributed by atoms with Crippen LogP contribution in [0.1, 0.15) is 36.1 Å². The molecule has 2 atom stereocenters. The van der Waals surface area contributed by atoms with Crippen LogP contribution < -0.4 is 9.64 Å². The Morgan fingerprint density at radius 2 is 1.97 bits per heavy atom. The molecule has 2 aromatic carbocycles. The van der Waals surface area contributed by atoms with E-state index >= 15 is 0 Å². The summed E-state index contributed by atoms with van der Waals surface area (Å²) in [5, 5.41) is 11.7. The maximum atomic E-state index is 13.6. The second kappa shape index (κ2) is 6.29. The average Bonchev–Trinajstić information content (AvgIpc) is 3.19. The molecule has 1 amide bonds. The van der Waals surface area contributed by atoms with Gasteiger partial charge in [-0.3, -0.25) is 8.98 Å². The van der Waals surface area contributed by atoms with Crippen molar-refractivity contribution in [2.75, 3.05) is 11.5 Å². The van der Waals surface area contributed by atoms with Crippen molar-refractivity contribution >= 4 is 21.7 Å². The van der Waals surface area contributed by atoms with E-state index in [1.54, 1.807) is 32.0 Å². The molecule has 0 saturated carbocycles. The van der Waals surface area contributed by atoms with Gasteiger partial charge in [0.1, 0.15) is 18.5 Å². The van der Waals surface area contributed by atoms with Crippen LogP contribution in [0.5, 0.6) is 5.75 Å². The number of benzene rings is 2. The molecular weight excluding hydrogens is 406 g/mol. The summed E-state index contributed by atoms with van der Waals surface area (Å²) in [5.41, 5.74) is 1.47. The Morgan fingerprint density at radius 1 is 1.23 bits per heavy atom. The van der Waals surface area contributed by atoms with Crippen LogP contribution in [0.3, 0.4) is 0 Å². The second-order valence-electron chi connectivity index (χ2n) is 8.51. The Balaban J connectivity index is 1.82. The number of hydrogen-bond donors (Lipinski definition) is 1. The first-order chi connectivity index (χ1) is 14.1. The SMILES string of the molecule is Cc1cc2c3c4c1N(Cc1ccccc1S(=O)(=O)OCC(C2)O3)C(=O)C4(O)C(C)C. The number of rotatable bonds is 1. The van der Waals surface area contributed by atoms with Crippen molar-refractivity contribution < 1.29 is 27.2 Å². The zero-order valence-electron chi connectivity index (χ0n) is 17.0. The van der Waals surface area contributed by atoms with Gasteiger partial charge in [-0.05, 0) is 35.6 Å². The summed E-state index contributed by atoms with van der Waals surface area (Å²) in [5.74, 6) is -0.395. The first-order valence-electron chi connectivity index (χ1n) is 10.00. The summed E-state index contributed by atoms with van der Waals surface area (Å²) < 4.78 is 37.2. The third-order valence-corrected chi connectivity index (χ3v) is 7.67. The summed E-state index contributed by atoms with van der Waals surface area (Å²) in [6.45, 7) is 5.36. The number of anilines is 1. The van der Waals surface area contributed by atoms with Gasteiger partial charge in [-0.1, -0.05) is 38.1 Å². The van der Waals surface area contributed by atoms with Gasteiger partial charge in [0.2, 0.25) is 0 Å². The van der Waals surface area contributed by atoms with E-state index in [0.29, 0.717) is 29.0 Å². The lowest BCUT2D eigenvalue weighted by molar-refractivity contribution is -0.141. The Kier molecular flexibility index (Phi) is 4.10. The first-order valence-corrected chi connectivity index (χ1v) is 11.4. The summed E-state index contributed by atoms with van der Waals surface area (Å²) in [6.07, 6.45) is -0.0731. The van der Waals surface area contributed by atoms with Crippen LogP contribution in [0.4, 0.5) is 5.69 Å². The molecule has 2 unspecified atom stereocenters. The van der Waals surface area contributed by atoms with Crippen molar-refractivity contribution in [3.63, 3.8) is 0 Å². The molecular formula is C22H23NO6S. The van der Waals surface area contributed by atoms with Gasteiger partial charge in [-0.2, -0.15) is 8.42 Å². The van der Waals surface area contributed by atoms with E-state index in [1.807, 2.05) is 13.0 Å². The molecule has 8 heteroatoms. The molecule has 3 aliphatic heterocycles. The number of hydrogen-bond acceptors (Lipinski definition) is 6. The number of aryl methyl sites for hydroxylation is 1. The molecule has 7 nitrogen and oxygen atoms in total. The number of carbonyl (C=O) groups is 1. The van der Waals surface area contributed by atoms with Crippen LogP contribution >= 0.6 is 0 Å². The predicted octanol–water partition coefficient (Wildman–Crippen LogP) is 2.41. The third-order valence-electron chi connectivity index (χ3n) is 6.29. The molecule has 0 aliphatic carbocycles. The molecule has 1 N–H and O–H groups in total. The lowest BCUT2D eigenvalue weighted by Gasteiger charge is -2.27. The smallest absolute Gasteiger partial charge is 0.297 e. The lowest BCUT2D eigenvalue weighted by Crippen LogP contribution is -2.44. The molecule has 5 bridgehead atoms. The summed E-state index contributed by atoms with van der Waals surface area (Å²) in [6, 6.07) is 8.44. The Hall–Kier alpha value is -2.42. The molecule has 158 valence electrons. The van der Waals surface area contributed by atoms with Crippen LogP contribution in [-0.2, 0) is 37.7 Å². The number of fused-ring (bicyclic) bond motifs is 2. The molecule has 5 rings (SSSR count).